The van der Waals surface area contributed by atoms with Crippen LogP contribution in [0.15, 0.2) is 45.3 Å². The summed E-state index contributed by atoms with van der Waals surface area (Å²) in [5.41, 5.74) is 7.46. The van der Waals surface area contributed by atoms with Crippen LogP contribution in [0, 0.1) is 5.82 Å². The highest BCUT2D eigenvalue weighted by Crippen LogP contribution is 2.27. The molecule has 3 N–H and O–H groups in total. The van der Waals surface area contributed by atoms with E-state index >= 15 is 0 Å². The minimum Gasteiger partial charge on any atom is -0.389 e. The number of hydrogen-bond donors (Lipinski definition) is 2. The highest BCUT2D eigenvalue weighted by molar-refractivity contribution is 9.10. The van der Waals surface area contributed by atoms with E-state index in [1.807, 2.05) is 24.3 Å². The Hall–Kier alpha value is -0.980. The van der Waals surface area contributed by atoms with E-state index in [4.69, 9.17) is 18.0 Å². The molecule has 6 heteroatoms. The van der Waals surface area contributed by atoms with Gasteiger partial charge in [0.2, 0.25) is 0 Å². The van der Waals surface area contributed by atoms with Gasteiger partial charge in [0.25, 0.3) is 0 Å². The van der Waals surface area contributed by atoms with Crippen molar-refractivity contribution >= 4 is 54.8 Å². The van der Waals surface area contributed by atoms with Crippen molar-refractivity contribution in [2.75, 3.05) is 5.32 Å². The van der Waals surface area contributed by atoms with Crippen LogP contribution < -0.4 is 11.1 Å². The number of nitrogens with one attached hydrogen (secondary N) is 1. The summed E-state index contributed by atoms with van der Waals surface area (Å²) in [6.07, 6.45) is 0. The smallest absolute Gasteiger partial charge is 0.161 e. The molecule has 2 aromatic rings. The van der Waals surface area contributed by atoms with E-state index in [1.165, 1.54) is 0 Å². The first-order chi connectivity index (χ1) is 9.49. The van der Waals surface area contributed by atoms with E-state index in [9.17, 15) is 4.39 Å². The Balaban J connectivity index is 2.18. The van der Waals surface area contributed by atoms with E-state index in [2.05, 4.69) is 37.2 Å². The lowest BCUT2D eigenvalue weighted by Crippen LogP contribution is -2.12. The molecule has 0 unspecified atom stereocenters. The maximum Gasteiger partial charge on any atom is 0.161 e. The molecular weight excluding hydrogens is 407 g/mol. The minimum absolute atomic E-state index is 0.161. The molecule has 104 valence electrons. The van der Waals surface area contributed by atoms with Gasteiger partial charge >= 0.3 is 0 Å². The van der Waals surface area contributed by atoms with Crippen LogP contribution in [0.25, 0.3) is 0 Å². The maximum absolute atomic E-state index is 14.2. The molecule has 20 heavy (non-hydrogen) atoms. The van der Waals surface area contributed by atoms with Gasteiger partial charge in [-0.1, -0.05) is 40.3 Å². The van der Waals surface area contributed by atoms with Gasteiger partial charge in [0, 0.05) is 16.6 Å². The van der Waals surface area contributed by atoms with Gasteiger partial charge in [0.15, 0.2) is 5.82 Å². The van der Waals surface area contributed by atoms with Crippen molar-refractivity contribution in [3.63, 3.8) is 0 Å². The molecule has 0 atom stereocenters. The molecule has 2 nitrogen and oxygen atoms in total. The molecule has 0 spiro atoms. The van der Waals surface area contributed by atoms with Crippen molar-refractivity contribution in [1.82, 2.24) is 0 Å². The Morgan fingerprint density at radius 3 is 2.65 bits per heavy atom. The molecule has 0 saturated heterocycles. The third kappa shape index (κ3) is 3.56. The van der Waals surface area contributed by atoms with Gasteiger partial charge in [-0.2, -0.15) is 0 Å². The predicted octanol–water partition coefficient (Wildman–Crippen LogP) is 4.60. The fourth-order valence-electron chi connectivity index (χ4n) is 1.72. The molecule has 0 fully saturated rings. The average molecular weight is 418 g/mol. The second-order valence-electron chi connectivity index (χ2n) is 4.14. The number of hydrogen-bond acceptors (Lipinski definition) is 2. The fourth-order valence-corrected chi connectivity index (χ4v) is 3.03. The molecule has 0 amide bonds. The molecular formula is C14H11Br2FN2S. The summed E-state index contributed by atoms with van der Waals surface area (Å²) in [4.78, 5) is 0.161. The van der Waals surface area contributed by atoms with Crippen LogP contribution in [-0.2, 0) is 6.54 Å². The van der Waals surface area contributed by atoms with E-state index < -0.39 is 5.82 Å². The third-order valence-electron chi connectivity index (χ3n) is 2.72. The van der Waals surface area contributed by atoms with Crippen molar-refractivity contribution in [2.45, 2.75) is 6.54 Å². The van der Waals surface area contributed by atoms with Crippen LogP contribution in [0.3, 0.4) is 0 Å². The number of benzene rings is 2. The lowest BCUT2D eigenvalue weighted by atomic mass is 10.2. The van der Waals surface area contributed by atoms with Gasteiger partial charge in [-0.05, 0) is 45.8 Å². The minimum atomic E-state index is -0.398. The lowest BCUT2D eigenvalue weighted by molar-refractivity contribution is 0.623. The van der Waals surface area contributed by atoms with Gasteiger partial charge in [-0.25, -0.2) is 4.39 Å². The highest BCUT2D eigenvalue weighted by atomic mass is 79.9. The third-order valence-corrected chi connectivity index (χ3v) is 4.21. The Bertz CT molecular complexity index is 662. The summed E-state index contributed by atoms with van der Waals surface area (Å²) in [7, 11) is 0. The summed E-state index contributed by atoms with van der Waals surface area (Å²) >= 11 is 11.4. The lowest BCUT2D eigenvalue weighted by Gasteiger charge is -2.11. The molecule has 0 aromatic heterocycles. The molecule has 0 bridgehead atoms. The number of rotatable bonds is 4. The first-order valence-corrected chi connectivity index (χ1v) is 7.74. The second kappa shape index (κ2) is 6.65. The topological polar surface area (TPSA) is 38.0 Å². The summed E-state index contributed by atoms with van der Waals surface area (Å²) in [6, 6.07) is 11.1. The van der Waals surface area contributed by atoms with E-state index in [1.54, 1.807) is 12.1 Å². The Labute approximate surface area is 138 Å². The number of anilines is 1. The molecule has 0 aliphatic rings. The standard InChI is InChI=1S/C14H11Br2FN2S/c15-9-3-1-2-8(6-9)7-19-11-5-4-10(14(18)20)12(16)13(11)17/h1-6,19H,7H2,(H2,18,20). The van der Waals surface area contributed by atoms with Crippen molar-refractivity contribution < 1.29 is 4.39 Å². The summed E-state index contributed by atoms with van der Waals surface area (Å²) in [6.45, 7) is 0.523. The number of halogens is 3. The van der Waals surface area contributed by atoms with Crippen molar-refractivity contribution in [3.05, 3.63) is 62.3 Å². The van der Waals surface area contributed by atoms with Crippen LogP contribution >= 0.6 is 44.1 Å². The van der Waals surface area contributed by atoms with Gasteiger partial charge in [-0.3, -0.25) is 0 Å². The molecule has 2 rings (SSSR count). The van der Waals surface area contributed by atoms with Gasteiger partial charge < -0.3 is 11.1 Å². The first-order valence-electron chi connectivity index (χ1n) is 5.75. The normalized spacial score (nSPS) is 10.3. The summed E-state index contributed by atoms with van der Waals surface area (Å²) < 4.78 is 15.4. The molecule has 0 aliphatic carbocycles. The summed E-state index contributed by atoms with van der Waals surface area (Å²) in [5.74, 6) is -0.398. The predicted molar refractivity (Wildman–Crippen MR) is 91.5 cm³/mol. The SMILES string of the molecule is NC(=S)c1ccc(NCc2cccc(Br)c2)c(F)c1Br. The highest BCUT2D eigenvalue weighted by Gasteiger charge is 2.12. The Kier molecular flexibility index (Phi) is 5.12. The maximum atomic E-state index is 14.2. The van der Waals surface area contributed by atoms with Crippen LogP contribution in [0.4, 0.5) is 10.1 Å². The van der Waals surface area contributed by atoms with Crippen LogP contribution in [0.1, 0.15) is 11.1 Å². The van der Waals surface area contributed by atoms with E-state index in [0.29, 0.717) is 17.8 Å². The van der Waals surface area contributed by atoms with Crippen LogP contribution in [-0.4, -0.2) is 4.99 Å². The van der Waals surface area contributed by atoms with Crippen molar-refractivity contribution in [1.29, 1.82) is 0 Å². The van der Waals surface area contributed by atoms with Crippen molar-refractivity contribution in [2.24, 2.45) is 5.73 Å². The molecule has 2 aromatic carbocycles. The molecule has 0 radical (unpaired) electrons. The monoisotopic (exact) mass is 416 g/mol. The largest absolute Gasteiger partial charge is 0.389 e. The summed E-state index contributed by atoms with van der Waals surface area (Å²) in [5, 5.41) is 3.05. The quantitative estimate of drug-likeness (QED) is 0.714. The molecule has 0 heterocycles. The fraction of sp³-hybridized carbons (Fsp3) is 0.0714. The van der Waals surface area contributed by atoms with Crippen molar-refractivity contribution in [3.8, 4) is 0 Å². The van der Waals surface area contributed by atoms with Crippen LogP contribution in [0.2, 0.25) is 0 Å². The first kappa shape index (κ1) is 15.4. The zero-order chi connectivity index (χ0) is 14.7. The molecule has 0 saturated carbocycles. The number of thiocarbonyl (C=S) groups is 1. The zero-order valence-electron chi connectivity index (χ0n) is 10.3. The van der Waals surface area contributed by atoms with Crippen LogP contribution in [0.5, 0.6) is 0 Å². The zero-order valence-corrected chi connectivity index (χ0v) is 14.3. The van der Waals surface area contributed by atoms with Gasteiger partial charge in [-0.15, -0.1) is 0 Å². The number of nitrogens with two attached hydrogens (primary N) is 1. The second-order valence-corrected chi connectivity index (χ2v) is 6.28. The van der Waals surface area contributed by atoms with E-state index in [-0.39, 0.29) is 9.46 Å². The Morgan fingerprint density at radius 1 is 1.25 bits per heavy atom. The Morgan fingerprint density at radius 2 is 2.00 bits per heavy atom. The van der Waals surface area contributed by atoms with Gasteiger partial charge in [0.05, 0.1) is 10.2 Å². The average Bonchev–Trinajstić information content (AvgIpc) is 2.40. The van der Waals surface area contributed by atoms with Gasteiger partial charge in [0.1, 0.15) is 4.99 Å². The molecule has 0 aliphatic heterocycles. The van der Waals surface area contributed by atoms with E-state index in [0.717, 1.165) is 10.0 Å².